The first-order valence-electron chi connectivity index (χ1n) is 9.63. The lowest BCUT2D eigenvalue weighted by Gasteiger charge is -2.35. The second kappa shape index (κ2) is 8.02. The van der Waals surface area contributed by atoms with Crippen molar-refractivity contribution >= 4 is 28.4 Å². The van der Waals surface area contributed by atoms with E-state index in [9.17, 15) is 9.59 Å². The summed E-state index contributed by atoms with van der Waals surface area (Å²) in [4.78, 5) is 31.2. The van der Waals surface area contributed by atoms with Crippen LogP contribution in [-0.2, 0) is 0 Å². The first-order valence-corrected chi connectivity index (χ1v) is 9.63. The van der Waals surface area contributed by atoms with E-state index in [1.807, 2.05) is 25.1 Å². The SMILES string of the molecule is COc1cccc2cc(C(=O)N3CCN(c4cc(N(C)C)cnn4)CC3)c(=O)oc12. The van der Waals surface area contributed by atoms with Crippen LogP contribution in [0.4, 0.5) is 11.5 Å². The normalized spacial score (nSPS) is 14.1. The molecule has 3 heterocycles. The average molecular weight is 409 g/mol. The zero-order chi connectivity index (χ0) is 21.3. The summed E-state index contributed by atoms with van der Waals surface area (Å²) in [6.45, 7) is 2.15. The number of para-hydroxylation sites is 1. The minimum absolute atomic E-state index is 0.0265. The molecule has 9 nitrogen and oxygen atoms in total. The molecule has 0 atom stereocenters. The number of aromatic nitrogens is 2. The van der Waals surface area contributed by atoms with Gasteiger partial charge in [-0.1, -0.05) is 12.1 Å². The van der Waals surface area contributed by atoms with E-state index in [2.05, 4.69) is 15.1 Å². The van der Waals surface area contributed by atoms with Crippen molar-refractivity contribution in [2.45, 2.75) is 0 Å². The van der Waals surface area contributed by atoms with Crippen molar-refractivity contribution in [3.63, 3.8) is 0 Å². The molecule has 1 aliphatic rings. The molecule has 1 aromatic carbocycles. The van der Waals surface area contributed by atoms with E-state index in [1.165, 1.54) is 7.11 Å². The highest BCUT2D eigenvalue weighted by Crippen LogP contribution is 2.25. The molecule has 156 valence electrons. The standard InChI is InChI=1S/C21H23N5O4/c1-24(2)15-12-18(23-22-13-15)25-7-9-26(10-8-25)20(27)16-11-14-5-4-6-17(29-3)19(14)30-21(16)28/h4-6,11-13H,7-10H2,1-3H3. The summed E-state index contributed by atoms with van der Waals surface area (Å²) in [5.74, 6) is 0.894. The van der Waals surface area contributed by atoms with Gasteiger partial charge in [-0.3, -0.25) is 4.79 Å². The molecule has 1 aliphatic heterocycles. The van der Waals surface area contributed by atoms with Crippen LogP contribution in [0.5, 0.6) is 5.75 Å². The fourth-order valence-corrected chi connectivity index (χ4v) is 3.48. The highest BCUT2D eigenvalue weighted by molar-refractivity contribution is 5.97. The number of hydrogen-bond donors (Lipinski definition) is 0. The number of hydrogen-bond acceptors (Lipinski definition) is 8. The smallest absolute Gasteiger partial charge is 0.349 e. The molecule has 1 saturated heterocycles. The Morgan fingerprint density at radius 3 is 2.63 bits per heavy atom. The third-order valence-electron chi connectivity index (χ3n) is 5.21. The van der Waals surface area contributed by atoms with Crippen molar-refractivity contribution in [2.24, 2.45) is 0 Å². The van der Waals surface area contributed by atoms with E-state index < -0.39 is 5.63 Å². The maximum Gasteiger partial charge on any atom is 0.349 e. The van der Waals surface area contributed by atoms with Crippen LogP contribution >= 0.6 is 0 Å². The summed E-state index contributed by atoms with van der Waals surface area (Å²) in [5.41, 5.74) is 0.663. The number of methoxy groups -OCH3 is 1. The first-order chi connectivity index (χ1) is 14.5. The van der Waals surface area contributed by atoms with Gasteiger partial charge in [-0.15, -0.1) is 5.10 Å². The van der Waals surface area contributed by atoms with Crippen molar-refractivity contribution in [3.8, 4) is 5.75 Å². The molecule has 0 unspecified atom stereocenters. The number of amides is 1. The molecule has 0 N–H and O–H groups in total. The summed E-state index contributed by atoms with van der Waals surface area (Å²) < 4.78 is 10.6. The van der Waals surface area contributed by atoms with Gasteiger partial charge in [0.25, 0.3) is 5.91 Å². The van der Waals surface area contributed by atoms with Gasteiger partial charge in [-0.2, -0.15) is 5.10 Å². The van der Waals surface area contributed by atoms with Gasteiger partial charge in [0, 0.05) is 51.7 Å². The first kappa shape index (κ1) is 19.7. The molecule has 30 heavy (non-hydrogen) atoms. The Labute approximate surface area is 173 Å². The number of fused-ring (bicyclic) bond motifs is 1. The van der Waals surface area contributed by atoms with Crippen molar-refractivity contribution in [1.82, 2.24) is 15.1 Å². The molecule has 3 aromatic rings. The Kier molecular flexibility index (Phi) is 5.26. The Hall–Kier alpha value is -3.62. The molecule has 0 radical (unpaired) electrons. The second-order valence-electron chi connectivity index (χ2n) is 7.27. The van der Waals surface area contributed by atoms with Gasteiger partial charge < -0.3 is 23.9 Å². The number of carbonyl (C=O) groups is 1. The zero-order valence-electron chi connectivity index (χ0n) is 17.2. The molecule has 9 heteroatoms. The van der Waals surface area contributed by atoms with Crippen LogP contribution in [0.15, 0.2) is 45.7 Å². The Balaban J connectivity index is 1.51. The van der Waals surface area contributed by atoms with Crippen LogP contribution in [0.3, 0.4) is 0 Å². The predicted molar refractivity (Wildman–Crippen MR) is 114 cm³/mol. The molecule has 0 bridgehead atoms. The van der Waals surface area contributed by atoms with E-state index in [4.69, 9.17) is 9.15 Å². The summed E-state index contributed by atoms with van der Waals surface area (Å²) in [6, 6.07) is 8.82. The molecule has 0 spiro atoms. The van der Waals surface area contributed by atoms with Crippen LogP contribution in [0.25, 0.3) is 11.0 Å². The molecular weight excluding hydrogens is 386 g/mol. The van der Waals surface area contributed by atoms with Gasteiger partial charge in [-0.25, -0.2) is 4.79 Å². The number of anilines is 2. The molecule has 2 aromatic heterocycles. The Bertz CT molecular complexity index is 1140. The van der Waals surface area contributed by atoms with Crippen LogP contribution < -0.4 is 20.2 Å². The molecule has 0 aliphatic carbocycles. The van der Waals surface area contributed by atoms with Crippen molar-refractivity contribution in [1.29, 1.82) is 0 Å². The Morgan fingerprint density at radius 1 is 1.17 bits per heavy atom. The van der Waals surface area contributed by atoms with Crippen LogP contribution in [0, 0.1) is 0 Å². The summed E-state index contributed by atoms with van der Waals surface area (Å²) in [7, 11) is 5.40. The predicted octanol–water partition coefficient (Wildman–Crippen LogP) is 1.62. The molecule has 1 amide bonds. The van der Waals surface area contributed by atoms with Crippen LogP contribution in [-0.4, -0.2) is 68.4 Å². The lowest BCUT2D eigenvalue weighted by molar-refractivity contribution is 0.0742. The number of benzene rings is 1. The topological polar surface area (TPSA) is 92.0 Å². The molecular formula is C21H23N5O4. The van der Waals surface area contributed by atoms with E-state index in [-0.39, 0.29) is 11.5 Å². The highest BCUT2D eigenvalue weighted by atomic mass is 16.5. The van der Waals surface area contributed by atoms with Crippen molar-refractivity contribution in [2.75, 3.05) is 57.2 Å². The van der Waals surface area contributed by atoms with Gasteiger partial charge in [0.05, 0.1) is 19.0 Å². The second-order valence-corrected chi connectivity index (χ2v) is 7.27. The van der Waals surface area contributed by atoms with E-state index in [0.717, 1.165) is 11.5 Å². The van der Waals surface area contributed by atoms with Crippen molar-refractivity contribution < 1.29 is 13.9 Å². The highest BCUT2D eigenvalue weighted by Gasteiger charge is 2.26. The summed E-state index contributed by atoms with van der Waals surface area (Å²) in [5, 5.41) is 8.91. The van der Waals surface area contributed by atoms with E-state index in [0.29, 0.717) is 42.9 Å². The third-order valence-corrected chi connectivity index (χ3v) is 5.21. The Morgan fingerprint density at radius 2 is 1.93 bits per heavy atom. The van der Waals surface area contributed by atoms with Gasteiger partial charge in [-0.05, 0) is 12.1 Å². The van der Waals surface area contributed by atoms with Crippen LogP contribution in [0.1, 0.15) is 10.4 Å². The maximum atomic E-state index is 13.0. The third kappa shape index (κ3) is 3.66. The summed E-state index contributed by atoms with van der Waals surface area (Å²) in [6.07, 6.45) is 1.71. The zero-order valence-corrected chi connectivity index (χ0v) is 17.2. The molecule has 1 fully saturated rings. The monoisotopic (exact) mass is 409 g/mol. The summed E-state index contributed by atoms with van der Waals surface area (Å²) >= 11 is 0. The minimum Gasteiger partial charge on any atom is -0.493 e. The van der Waals surface area contributed by atoms with Gasteiger partial charge in [0.1, 0.15) is 5.56 Å². The van der Waals surface area contributed by atoms with Gasteiger partial charge >= 0.3 is 5.63 Å². The van der Waals surface area contributed by atoms with E-state index >= 15 is 0 Å². The fraction of sp³-hybridized carbons (Fsp3) is 0.333. The maximum absolute atomic E-state index is 13.0. The van der Waals surface area contributed by atoms with E-state index in [1.54, 1.807) is 35.4 Å². The lowest BCUT2D eigenvalue weighted by atomic mass is 10.1. The number of nitrogens with zero attached hydrogens (tertiary/aromatic N) is 5. The van der Waals surface area contributed by atoms with Crippen molar-refractivity contribution in [3.05, 3.63) is 52.5 Å². The number of piperazine rings is 1. The van der Waals surface area contributed by atoms with Gasteiger partial charge in [0.15, 0.2) is 17.2 Å². The number of rotatable bonds is 4. The molecule has 0 saturated carbocycles. The largest absolute Gasteiger partial charge is 0.493 e. The lowest BCUT2D eigenvalue weighted by Crippen LogP contribution is -2.49. The molecule has 4 rings (SSSR count). The van der Waals surface area contributed by atoms with Crippen LogP contribution in [0.2, 0.25) is 0 Å². The number of carbonyl (C=O) groups excluding carboxylic acids is 1. The fourth-order valence-electron chi connectivity index (χ4n) is 3.48. The minimum atomic E-state index is -0.663. The average Bonchev–Trinajstić information content (AvgIpc) is 2.78. The number of ether oxygens (including phenoxy) is 1. The van der Waals surface area contributed by atoms with Gasteiger partial charge in [0.2, 0.25) is 0 Å². The quantitative estimate of drug-likeness (QED) is 0.601.